The van der Waals surface area contributed by atoms with Gasteiger partial charge in [0.2, 0.25) is 11.8 Å². The average Bonchev–Trinajstić information content (AvgIpc) is 2.60. The van der Waals surface area contributed by atoms with Gasteiger partial charge in [0.05, 0.1) is 5.92 Å². The number of likely N-dealkylation sites (tertiary alicyclic amines) is 1. The molecule has 1 aliphatic rings. The molecule has 6 heteroatoms. The Morgan fingerprint density at radius 2 is 2.31 bits per heavy atom. The molecule has 1 saturated heterocycles. The van der Waals surface area contributed by atoms with Crippen LogP contribution in [0, 0.1) is 5.92 Å². The van der Waals surface area contributed by atoms with Gasteiger partial charge < -0.3 is 16.0 Å². The van der Waals surface area contributed by atoms with Crippen LogP contribution in [-0.4, -0.2) is 42.9 Å². The van der Waals surface area contributed by atoms with Gasteiger partial charge in [-0.1, -0.05) is 0 Å². The van der Waals surface area contributed by atoms with Crippen molar-refractivity contribution < 1.29 is 9.59 Å². The summed E-state index contributed by atoms with van der Waals surface area (Å²) in [6.07, 6.45) is 1.13. The lowest BCUT2D eigenvalue weighted by Crippen LogP contribution is -2.34. The number of carbonyl (C=O) groups excluding carboxylic acids is 2. The number of carbonyl (C=O) groups is 2. The van der Waals surface area contributed by atoms with Gasteiger partial charge in [-0.05, 0) is 19.9 Å². The molecular weight excluding hydrogens is 230 g/mol. The molecule has 0 aromatic heterocycles. The van der Waals surface area contributed by atoms with Crippen LogP contribution in [0.3, 0.4) is 0 Å². The van der Waals surface area contributed by atoms with Gasteiger partial charge in [0.15, 0.2) is 0 Å². The summed E-state index contributed by atoms with van der Waals surface area (Å²) in [6, 6.07) is 0. The lowest BCUT2D eigenvalue weighted by Gasteiger charge is -2.13. The van der Waals surface area contributed by atoms with Crippen LogP contribution >= 0.6 is 12.4 Å². The van der Waals surface area contributed by atoms with Crippen molar-refractivity contribution in [3.63, 3.8) is 0 Å². The monoisotopic (exact) mass is 249 g/mol. The van der Waals surface area contributed by atoms with Gasteiger partial charge in [0.1, 0.15) is 0 Å². The standard InChI is InChI=1S/C10H19N3O2.ClH/c1-2-13-7-8(6-9(13)14)10(15)12-5-3-4-11;/h8H,2-7,11H2,1H3,(H,12,15);1H. The van der Waals surface area contributed by atoms with Crippen molar-refractivity contribution in [1.29, 1.82) is 0 Å². The van der Waals surface area contributed by atoms with Crippen LogP contribution in [0.5, 0.6) is 0 Å². The van der Waals surface area contributed by atoms with Crippen molar-refractivity contribution in [2.24, 2.45) is 11.7 Å². The Balaban J connectivity index is 0.00000225. The lowest BCUT2D eigenvalue weighted by atomic mass is 10.1. The molecule has 1 heterocycles. The maximum absolute atomic E-state index is 11.6. The topological polar surface area (TPSA) is 75.4 Å². The molecule has 0 spiro atoms. The molecule has 16 heavy (non-hydrogen) atoms. The Labute approximate surface area is 102 Å². The maximum atomic E-state index is 11.6. The summed E-state index contributed by atoms with van der Waals surface area (Å²) in [5.41, 5.74) is 5.32. The van der Waals surface area contributed by atoms with E-state index in [-0.39, 0.29) is 30.1 Å². The third-order valence-corrected chi connectivity index (χ3v) is 2.65. The summed E-state index contributed by atoms with van der Waals surface area (Å²) in [5, 5.41) is 2.79. The van der Waals surface area contributed by atoms with Crippen molar-refractivity contribution in [3.8, 4) is 0 Å². The normalized spacial score (nSPS) is 19.5. The third-order valence-electron chi connectivity index (χ3n) is 2.65. The Kier molecular flexibility index (Phi) is 7.08. The smallest absolute Gasteiger partial charge is 0.225 e. The summed E-state index contributed by atoms with van der Waals surface area (Å²) in [4.78, 5) is 24.7. The van der Waals surface area contributed by atoms with Crippen LogP contribution in [0.25, 0.3) is 0 Å². The van der Waals surface area contributed by atoms with Crippen molar-refractivity contribution in [2.75, 3.05) is 26.2 Å². The van der Waals surface area contributed by atoms with Gasteiger partial charge in [0.25, 0.3) is 0 Å². The predicted molar refractivity (Wildman–Crippen MR) is 64.3 cm³/mol. The SMILES string of the molecule is CCN1CC(C(=O)NCCCN)CC1=O.Cl. The molecule has 1 aliphatic heterocycles. The van der Waals surface area contributed by atoms with Crippen molar-refractivity contribution in [3.05, 3.63) is 0 Å². The summed E-state index contributed by atoms with van der Waals surface area (Å²) < 4.78 is 0. The van der Waals surface area contributed by atoms with E-state index in [0.29, 0.717) is 32.6 Å². The molecular formula is C10H20ClN3O2. The molecule has 1 fully saturated rings. The average molecular weight is 250 g/mol. The summed E-state index contributed by atoms with van der Waals surface area (Å²) >= 11 is 0. The van der Waals surface area contributed by atoms with E-state index in [2.05, 4.69) is 5.32 Å². The summed E-state index contributed by atoms with van der Waals surface area (Å²) in [5.74, 6) is -0.112. The fourth-order valence-corrected chi connectivity index (χ4v) is 1.71. The Morgan fingerprint density at radius 1 is 1.62 bits per heavy atom. The molecule has 0 radical (unpaired) electrons. The van der Waals surface area contributed by atoms with E-state index in [4.69, 9.17) is 5.73 Å². The van der Waals surface area contributed by atoms with Crippen molar-refractivity contribution in [1.82, 2.24) is 10.2 Å². The minimum absolute atomic E-state index is 0. The molecule has 0 aliphatic carbocycles. The predicted octanol–water partition coefficient (Wildman–Crippen LogP) is -0.258. The Bertz CT molecular complexity index is 248. The Morgan fingerprint density at radius 3 is 2.81 bits per heavy atom. The highest BCUT2D eigenvalue weighted by atomic mass is 35.5. The van der Waals surface area contributed by atoms with E-state index >= 15 is 0 Å². The van der Waals surface area contributed by atoms with Crippen LogP contribution in [0.2, 0.25) is 0 Å². The van der Waals surface area contributed by atoms with Gasteiger partial charge in [-0.15, -0.1) is 12.4 Å². The highest BCUT2D eigenvalue weighted by Crippen LogP contribution is 2.17. The minimum atomic E-state index is -0.171. The molecule has 94 valence electrons. The van der Waals surface area contributed by atoms with Gasteiger partial charge in [-0.25, -0.2) is 0 Å². The van der Waals surface area contributed by atoms with Crippen LogP contribution in [-0.2, 0) is 9.59 Å². The summed E-state index contributed by atoms with van der Waals surface area (Å²) in [7, 11) is 0. The molecule has 1 unspecified atom stereocenters. The zero-order valence-corrected chi connectivity index (χ0v) is 10.4. The number of halogens is 1. The van der Waals surface area contributed by atoms with E-state index < -0.39 is 0 Å². The number of hydrogen-bond donors (Lipinski definition) is 2. The molecule has 0 aromatic carbocycles. The van der Waals surface area contributed by atoms with Gasteiger partial charge >= 0.3 is 0 Å². The molecule has 1 rings (SSSR count). The highest BCUT2D eigenvalue weighted by molar-refractivity contribution is 5.89. The minimum Gasteiger partial charge on any atom is -0.356 e. The van der Waals surface area contributed by atoms with Crippen LogP contribution in [0.4, 0.5) is 0 Å². The first kappa shape index (κ1) is 15.2. The molecule has 2 amide bonds. The molecule has 0 bridgehead atoms. The Hall–Kier alpha value is -0.810. The number of rotatable bonds is 5. The van der Waals surface area contributed by atoms with Crippen LogP contribution in [0.15, 0.2) is 0 Å². The van der Waals surface area contributed by atoms with Crippen molar-refractivity contribution in [2.45, 2.75) is 19.8 Å². The first-order valence-electron chi connectivity index (χ1n) is 5.44. The number of nitrogens with two attached hydrogens (primary N) is 1. The molecule has 3 N–H and O–H groups in total. The number of nitrogens with zero attached hydrogens (tertiary/aromatic N) is 1. The second-order valence-corrected chi connectivity index (χ2v) is 3.77. The molecule has 5 nitrogen and oxygen atoms in total. The van der Waals surface area contributed by atoms with E-state index in [1.54, 1.807) is 4.90 Å². The van der Waals surface area contributed by atoms with E-state index in [0.717, 1.165) is 6.42 Å². The van der Waals surface area contributed by atoms with Gasteiger partial charge in [-0.3, -0.25) is 9.59 Å². The molecule has 0 aromatic rings. The lowest BCUT2D eigenvalue weighted by molar-refractivity contribution is -0.128. The van der Waals surface area contributed by atoms with E-state index in [1.807, 2.05) is 6.92 Å². The first-order chi connectivity index (χ1) is 7.19. The van der Waals surface area contributed by atoms with Crippen LogP contribution < -0.4 is 11.1 Å². The molecule has 0 saturated carbocycles. The van der Waals surface area contributed by atoms with Gasteiger partial charge in [0, 0.05) is 26.1 Å². The van der Waals surface area contributed by atoms with Crippen LogP contribution in [0.1, 0.15) is 19.8 Å². The zero-order valence-electron chi connectivity index (χ0n) is 9.57. The molecule has 1 atom stereocenters. The van der Waals surface area contributed by atoms with E-state index in [9.17, 15) is 9.59 Å². The van der Waals surface area contributed by atoms with E-state index in [1.165, 1.54) is 0 Å². The fraction of sp³-hybridized carbons (Fsp3) is 0.800. The largest absolute Gasteiger partial charge is 0.356 e. The first-order valence-corrected chi connectivity index (χ1v) is 5.44. The highest BCUT2D eigenvalue weighted by Gasteiger charge is 2.32. The summed E-state index contributed by atoms with van der Waals surface area (Å²) in [6.45, 7) is 4.35. The maximum Gasteiger partial charge on any atom is 0.225 e. The second-order valence-electron chi connectivity index (χ2n) is 3.77. The number of amides is 2. The van der Waals surface area contributed by atoms with Gasteiger partial charge in [-0.2, -0.15) is 0 Å². The zero-order chi connectivity index (χ0) is 11.3. The second kappa shape index (κ2) is 7.46. The van der Waals surface area contributed by atoms with Crippen molar-refractivity contribution >= 4 is 24.2 Å². The number of nitrogens with one attached hydrogen (secondary N) is 1. The number of hydrogen-bond acceptors (Lipinski definition) is 3. The fourth-order valence-electron chi connectivity index (χ4n) is 1.71. The quantitative estimate of drug-likeness (QED) is 0.660. The third kappa shape index (κ3) is 3.98.